The van der Waals surface area contributed by atoms with Crippen LogP contribution >= 0.6 is 0 Å². The van der Waals surface area contributed by atoms with E-state index >= 15 is 0 Å². The second kappa shape index (κ2) is 16.0. The van der Waals surface area contributed by atoms with Crippen molar-refractivity contribution in [3.05, 3.63) is 179 Å². The average molecular weight is 964 g/mol. The van der Waals surface area contributed by atoms with Crippen LogP contribution in [-0.2, 0) is 24.7 Å². The first-order valence-corrected chi connectivity index (χ1v) is 21.1. The zero-order chi connectivity index (χ0) is 49.8. The third-order valence-electron chi connectivity index (χ3n) is 12.1. The molecule has 0 saturated heterocycles. The number of halogens is 12. The molecule has 0 spiro atoms. The van der Waals surface area contributed by atoms with E-state index in [0.717, 1.165) is 0 Å². The maximum absolute atomic E-state index is 14.1. The molecule has 0 aliphatic rings. The largest absolute Gasteiger partial charge is 0.416 e. The molecule has 0 radical (unpaired) electrons. The third kappa shape index (κ3) is 7.92. The first-order chi connectivity index (χ1) is 33.0. The van der Waals surface area contributed by atoms with Crippen LogP contribution in [0, 0.1) is 25.2 Å². The van der Waals surface area contributed by atoms with Crippen LogP contribution in [0.15, 0.2) is 140 Å². The molecule has 350 valence electrons. The highest BCUT2D eigenvalue weighted by atomic mass is 19.4. The molecule has 0 amide bonds. The minimum Gasteiger partial charge on any atom is -0.308 e. The van der Waals surface area contributed by atoms with Gasteiger partial charge >= 0.3 is 24.7 Å². The Morgan fingerprint density at radius 1 is 0.400 bits per heavy atom. The molecule has 0 N–H and O–H groups in total. The maximum Gasteiger partial charge on any atom is 0.416 e. The molecular weight excluding hydrogens is 935 g/mol. The van der Waals surface area contributed by atoms with Crippen LogP contribution in [0.5, 0.6) is 0 Å². The van der Waals surface area contributed by atoms with Gasteiger partial charge in [0.2, 0.25) is 0 Å². The summed E-state index contributed by atoms with van der Waals surface area (Å²) in [5.74, 6) is 0.151. The Hall–Kier alpha value is -8.13. The predicted octanol–water partition coefficient (Wildman–Crippen LogP) is 16.2. The van der Waals surface area contributed by atoms with E-state index in [9.17, 15) is 57.9 Å². The van der Waals surface area contributed by atoms with Gasteiger partial charge in [0.05, 0.1) is 61.3 Å². The Balaban J connectivity index is 1.28. The smallest absolute Gasteiger partial charge is 0.308 e. The van der Waals surface area contributed by atoms with Gasteiger partial charge in [0.15, 0.2) is 5.82 Å². The molecule has 0 bridgehead atoms. The molecule has 3 heterocycles. The zero-order valence-corrected chi connectivity index (χ0v) is 36.1. The molecule has 10 rings (SSSR count). The highest BCUT2D eigenvalue weighted by molar-refractivity contribution is 6.12. The zero-order valence-electron chi connectivity index (χ0n) is 36.1. The summed E-state index contributed by atoms with van der Waals surface area (Å²) in [7, 11) is 0. The van der Waals surface area contributed by atoms with Gasteiger partial charge in [-0.15, -0.1) is 0 Å². The summed E-state index contributed by atoms with van der Waals surface area (Å²) in [6.45, 7) is 3.46. The van der Waals surface area contributed by atoms with Gasteiger partial charge in [-0.2, -0.15) is 57.9 Å². The van der Waals surface area contributed by atoms with Crippen LogP contribution in [0.25, 0.3) is 88.6 Å². The Morgan fingerprint density at radius 2 is 0.786 bits per heavy atom. The van der Waals surface area contributed by atoms with E-state index in [1.165, 1.54) is 30.3 Å². The fourth-order valence-corrected chi connectivity index (χ4v) is 9.12. The molecule has 0 unspecified atom stereocenters. The van der Waals surface area contributed by atoms with Gasteiger partial charge in [-0.3, -0.25) is 0 Å². The van der Waals surface area contributed by atoms with Gasteiger partial charge < -0.3 is 9.13 Å². The summed E-state index contributed by atoms with van der Waals surface area (Å²) in [4.78, 5) is 9.53. The molecule has 0 fully saturated rings. The Labute approximate surface area is 388 Å². The van der Waals surface area contributed by atoms with Crippen molar-refractivity contribution in [1.29, 1.82) is 5.26 Å². The SMILES string of the molecule is Cc1cc(C)nc(-c2cc(-n3c4ccccc4c4ccc(-c5cc(C(F)(F)F)cc(C(F)(F)F)c5)cc43)c(C#N)cc2-n2c3ccccc3c3ccc(-c4cc(C(F)(F)F)cc(C(F)(F)F)c4)cc32)n1. The first kappa shape index (κ1) is 45.6. The van der Waals surface area contributed by atoms with Gasteiger partial charge in [0.25, 0.3) is 0 Å². The normalized spacial score (nSPS) is 12.7. The van der Waals surface area contributed by atoms with E-state index in [0.29, 0.717) is 84.8 Å². The van der Waals surface area contributed by atoms with Crippen LogP contribution in [-0.4, -0.2) is 19.1 Å². The molecule has 7 aromatic carbocycles. The van der Waals surface area contributed by atoms with E-state index in [1.807, 2.05) is 0 Å². The number of aryl methyl sites for hydroxylation is 2. The lowest BCUT2D eigenvalue weighted by molar-refractivity contribution is -0.144. The van der Waals surface area contributed by atoms with Crippen molar-refractivity contribution in [2.24, 2.45) is 0 Å². The lowest BCUT2D eigenvalue weighted by Crippen LogP contribution is -2.11. The second-order valence-corrected chi connectivity index (χ2v) is 16.7. The monoisotopic (exact) mass is 963 g/mol. The van der Waals surface area contributed by atoms with Crippen LogP contribution in [0.2, 0.25) is 0 Å². The van der Waals surface area contributed by atoms with Gasteiger partial charge in [-0.05, 0) is 115 Å². The average Bonchev–Trinajstić information content (AvgIpc) is 3.81. The van der Waals surface area contributed by atoms with E-state index in [2.05, 4.69) is 6.07 Å². The molecular formula is C53H29F12N5. The highest BCUT2D eigenvalue weighted by Crippen LogP contribution is 2.45. The Morgan fingerprint density at radius 3 is 1.19 bits per heavy atom. The number of nitriles is 1. The van der Waals surface area contributed by atoms with Gasteiger partial charge in [-0.25, -0.2) is 9.97 Å². The lowest BCUT2D eigenvalue weighted by Gasteiger charge is -2.19. The number of hydrogen-bond acceptors (Lipinski definition) is 3. The molecule has 0 saturated carbocycles. The van der Waals surface area contributed by atoms with Crippen molar-refractivity contribution in [2.45, 2.75) is 38.6 Å². The summed E-state index contributed by atoms with van der Waals surface area (Å²) in [5.41, 5.74) is -3.20. The van der Waals surface area contributed by atoms with E-state index in [4.69, 9.17) is 9.97 Å². The number of aromatic nitrogens is 4. The van der Waals surface area contributed by atoms with Gasteiger partial charge in [0.1, 0.15) is 6.07 Å². The molecule has 0 aliphatic carbocycles. The van der Waals surface area contributed by atoms with Crippen LogP contribution in [0.3, 0.4) is 0 Å². The number of hydrogen-bond donors (Lipinski definition) is 0. The molecule has 3 aromatic heterocycles. The van der Waals surface area contributed by atoms with Crippen molar-refractivity contribution in [3.8, 4) is 51.1 Å². The summed E-state index contributed by atoms with van der Waals surface area (Å²) >= 11 is 0. The molecule has 5 nitrogen and oxygen atoms in total. The van der Waals surface area contributed by atoms with Crippen molar-refractivity contribution in [3.63, 3.8) is 0 Å². The Kier molecular flexibility index (Phi) is 10.4. The highest BCUT2D eigenvalue weighted by Gasteiger charge is 2.39. The second-order valence-electron chi connectivity index (χ2n) is 16.7. The summed E-state index contributed by atoms with van der Waals surface area (Å²) in [6.07, 6.45) is -20.5. The molecule has 70 heavy (non-hydrogen) atoms. The van der Waals surface area contributed by atoms with Crippen molar-refractivity contribution >= 4 is 43.6 Å². The topological polar surface area (TPSA) is 59.4 Å². The van der Waals surface area contributed by atoms with Crippen molar-refractivity contribution in [1.82, 2.24) is 19.1 Å². The quantitative estimate of drug-likeness (QED) is 0.162. The number of nitrogens with zero attached hydrogens (tertiary/aromatic N) is 5. The van der Waals surface area contributed by atoms with E-state index in [-0.39, 0.29) is 57.1 Å². The number of benzene rings is 7. The predicted molar refractivity (Wildman–Crippen MR) is 241 cm³/mol. The standard InChI is InChI=1S/C53H29F12N5/c1-27-15-28(2)68-49(67-27)42-25-45(69-43-9-5-3-7-38(43)40-13-11-29(20-46(40)69)31-16-34(50(54,55)56)23-35(17-31)51(57,58)59)33(26-66)22-48(42)70-44-10-6-4-8-39(44)41-14-12-30(21-47(41)70)32-18-36(52(60,61)62)24-37(19-32)53(63,64)65/h3-25H,1-2H3. The number of fused-ring (bicyclic) bond motifs is 6. The third-order valence-corrected chi connectivity index (χ3v) is 12.1. The fourth-order valence-electron chi connectivity index (χ4n) is 9.12. The number of para-hydroxylation sites is 2. The van der Waals surface area contributed by atoms with E-state index < -0.39 is 47.0 Å². The molecule has 0 atom stereocenters. The fraction of sp³-hybridized carbons (Fsp3) is 0.113. The van der Waals surface area contributed by atoms with Crippen LogP contribution in [0.1, 0.15) is 39.2 Å². The van der Waals surface area contributed by atoms with Crippen molar-refractivity contribution in [2.75, 3.05) is 0 Å². The van der Waals surface area contributed by atoms with Crippen LogP contribution < -0.4 is 0 Å². The minimum atomic E-state index is -5.11. The van der Waals surface area contributed by atoms with Gasteiger partial charge in [-0.1, -0.05) is 60.7 Å². The molecule has 17 heteroatoms. The first-order valence-electron chi connectivity index (χ1n) is 21.1. The Bertz CT molecular complexity index is 3740. The summed E-state index contributed by atoms with van der Waals surface area (Å²) in [6, 6.07) is 32.6. The van der Waals surface area contributed by atoms with Crippen molar-refractivity contribution < 1.29 is 52.7 Å². The summed E-state index contributed by atoms with van der Waals surface area (Å²) in [5, 5.41) is 13.4. The summed E-state index contributed by atoms with van der Waals surface area (Å²) < 4.78 is 172. The number of rotatable bonds is 5. The van der Waals surface area contributed by atoms with E-state index in [1.54, 1.807) is 95.8 Å². The lowest BCUT2D eigenvalue weighted by atomic mass is 9.98. The van der Waals surface area contributed by atoms with Gasteiger partial charge in [0, 0.05) is 38.5 Å². The minimum absolute atomic E-state index is 0.00407. The maximum atomic E-state index is 14.1. The molecule has 0 aliphatic heterocycles. The number of alkyl halides is 12. The van der Waals surface area contributed by atoms with Crippen LogP contribution in [0.4, 0.5) is 52.7 Å². The molecule has 10 aromatic rings.